The van der Waals surface area contributed by atoms with E-state index in [9.17, 15) is 0 Å². The molecule has 1 saturated heterocycles. The topological polar surface area (TPSA) is 15.3 Å². The van der Waals surface area contributed by atoms with Gasteiger partial charge in [0.25, 0.3) is 0 Å². The fraction of sp³-hybridized carbons (Fsp3) is 1.00. The zero-order valence-corrected chi connectivity index (χ0v) is 13.3. The normalized spacial score (nSPS) is 31.7. The molecule has 0 aromatic heterocycles. The van der Waals surface area contributed by atoms with Crippen LogP contribution in [0.25, 0.3) is 0 Å². The number of nitrogens with one attached hydrogen (secondary N) is 1. The van der Waals surface area contributed by atoms with E-state index < -0.39 is 0 Å². The molecule has 1 heterocycles. The zero-order valence-electron chi connectivity index (χ0n) is 12.5. The van der Waals surface area contributed by atoms with E-state index in [1.807, 2.05) is 11.8 Å². The average molecular weight is 282 g/mol. The molecule has 0 amide bonds. The Kier molecular flexibility index (Phi) is 4.76. The van der Waals surface area contributed by atoms with Gasteiger partial charge in [-0.3, -0.25) is 4.90 Å². The second kappa shape index (κ2) is 6.36. The molecule has 0 aromatic carbocycles. The SMILES string of the molecule is CSCCCN1CC(C2CC2)NCC12CCCCC2. The molecule has 1 atom stereocenters. The maximum Gasteiger partial charge on any atom is 0.0334 e. The number of thioether (sulfide) groups is 1. The maximum atomic E-state index is 3.92. The molecule has 0 radical (unpaired) electrons. The van der Waals surface area contributed by atoms with Crippen LogP contribution >= 0.6 is 11.8 Å². The predicted octanol–water partition coefficient (Wildman–Crippen LogP) is 3.13. The van der Waals surface area contributed by atoms with Crippen LogP contribution in [0, 0.1) is 5.92 Å². The summed E-state index contributed by atoms with van der Waals surface area (Å²) in [7, 11) is 0. The Balaban J connectivity index is 1.62. The van der Waals surface area contributed by atoms with Gasteiger partial charge in [0.05, 0.1) is 0 Å². The largest absolute Gasteiger partial charge is 0.311 e. The third-order valence-electron chi connectivity index (χ3n) is 5.53. The van der Waals surface area contributed by atoms with Crippen LogP contribution in [0.2, 0.25) is 0 Å². The third kappa shape index (κ3) is 3.30. The van der Waals surface area contributed by atoms with Crippen molar-refractivity contribution in [1.29, 1.82) is 0 Å². The summed E-state index contributed by atoms with van der Waals surface area (Å²) in [6, 6.07) is 0.807. The van der Waals surface area contributed by atoms with Gasteiger partial charge in [-0.25, -0.2) is 0 Å². The lowest BCUT2D eigenvalue weighted by Gasteiger charge is -2.52. The molecule has 1 aliphatic heterocycles. The molecule has 19 heavy (non-hydrogen) atoms. The molecule has 0 aromatic rings. The zero-order chi connectivity index (χ0) is 13.1. The van der Waals surface area contributed by atoms with Crippen molar-refractivity contribution in [1.82, 2.24) is 10.2 Å². The van der Waals surface area contributed by atoms with Crippen LogP contribution < -0.4 is 5.32 Å². The van der Waals surface area contributed by atoms with Gasteiger partial charge < -0.3 is 5.32 Å². The Morgan fingerprint density at radius 1 is 1.21 bits per heavy atom. The van der Waals surface area contributed by atoms with Crippen LogP contribution in [-0.2, 0) is 0 Å². The van der Waals surface area contributed by atoms with Gasteiger partial charge in [-0.2, -0.15) is 11.8 Å². The first-order chi connectivity index (χ1) is 9.34. The van der Waals surface area contributed by atoms with Crippen molar-refractivity contribution in [2.75, 3.05) is 31.6 Å². The number of hydrogen-bond acceptors (Lipinski definition) is 3. The fourth-order valence-corrected chi connectivity index (χ4v) is 4.59. The van der Waals surface area contributed by atoms with E-state index in [2.05, 4.69) is 16.5 Å². The van der Waals surface area contributed by atoms with E-state index in [0.717, 1.165) is 12.0 Å². The Labute approximate surface area is 123 Å². The molecule has 3 rings (SSSR count). The van der Waals surface area contributed by atoms with Crippen LogP contribution in [0.1, 0.15) is 51.4 Å². The summed E-state index contributed by atoms with van der Waals surface area (Å²) in [5.41, 5.74) is 0.530. The molecule has 1 spiro atoms. The van der Waals surface area contributed by atoms with Crippen LogP contribution in [-0.4, -0.2) is 48.1 Å². The Morgan fingerprint density at radius 3 is 2.68 bits per heavy atom. The fourth-order valence-electron chi connectivity index (χ4n) is 4.17. The van der Waals surface area contributed by atoms with E-state index in [1.165, 1.54) is 76.8 Å². The van der Waals surface area contributed by atoms with E-state index in [0.29, 0.717) is 5.54 Å². The summed E-state index contributed by atoms with van der Waals surface area (Å²) in [6.45, 7) is 3.94. The minimum atomic E-state index is 0.530. The van der Waals surface area contributed by atoms with Gasteiger partial charge in [-0.15, -0.1) is 0 Å². The van der Waals surface area contributed by atoms with E-state index in [1.54, 1.807) is 0 Å². The van der Waals surface area contributed by atoms with Crippen molar-refractivity contribution >= 4 is 11.8 Å². The van der Waals surface area contributed by atoms with Crippen LogP contribution in [0.3, 0.4) is 0 Å². The highest BCUT2D eigenvalue weighted by molar-refractivity contribution is 7.98. The van der Waals surface area contributed by atoms with Gasteiger partial charge in [-0.1, -0.05) is 19.3 Å². The first kappa shape index (κ1) is 14.2. The van der Waals surface area contributed by atoms with Gasteiger partial charge >= 0.3 is 0 Å². The molecule has 3 fully saturated rings. The molecule has 1 N–H and O–H groups in total. The van der Waals surface area contributed by atoms with E-state index in [-0.39, 0.29) is 0 Å². The van der Waals surface area contributed by atoms with Crippen molar-refractivity contribution in [3.05, 3.63) is 0 Å². The van der Waals surface area contributed by atoms with Gasteiger partial charge in [0.1, 0.15) is 0 Å². The van der Waals surface area contributed by atoms with Crippen LogP contribution in [0.5, 0.6) is 0 Å². The molecule has 2 nitrogen and oxygen atoms in total. The van der Waals surface area contributed by atoms with Crippen LogP contribution in [0.4, 0.5) is 0 Å². The standard InChI is InChI=1S/C16H30N2S/c1-19-11-5-10-18-12-15(14-6-7-14)17-13-16(18)8-3-2-4-9-16/h14-15,17H,2-13H2,1H3. The van der Waals surface area contributed by atoms with E-state index >= 15 is 0 Å². The molecule has 3 aliphatic rings. The monoisotopic (exact) mass is 282 g/mol. The second-order valence-electron chi connectivity index (χ2n) is 6.90. The Morgan fingerprint density at radius 2 is 2.00 bits per heavy atom. The first-order valence-electron chi connectivity index (χ1n) is 8.31. The molecule has 1 unspecified atom stereocenters. The van der Waals surface area contributed by atoms with Gasteiger partial charge in [0, 0.05) is 24.7 Å². The molecular weight excluding hydrogens is 252 g/mol. The number of nitrogens with zero attached hydrogens (tertiary/aromatic N) is 1. The van der Waals surface area contributed by atoms with Gasteiger partial charge in [0.15, 0.2) is 0 Å². The summed E-state index contributed by atoms with van der Waals surface area (Å²) in [6.07, 6.45) is 13.8. The van der Waals surface area contributed by atoms with Crippen LogP contribution in [0.15, 0.2) is 0 Å². The smallest absolute Gasteiger partial charge is 0.0334 e. The predicted molar refractivity (Wildman–Crippen MR) is 84.9 cm³/mol. The molecule has 110 valence electrons. The summed E-state index contributed by atoms with van der Waals surface area (Å²) in [5, 5.41) is 3.92. The molecule has 3 heteroatoms. The number of hydrogen-bond donors (Lipinski definition) is 1. The lowest BCUT2D eigenvalue weighted by Crippen LogP contribution is -2.65. The third-order valence-corrected chi connectivity index (χ3v) is 6.23. The molecule has 0 bridgehead atoms. The summed E-state index contributed by atoms with van der Waals surface area (Å²) in [5.74, 6) is 2.33. The van der Waals surface area contributed by atoms with Crippen molar-refractivity contribution in [3.8, 4) is 0 Å². The number of piperazine rings is 1. The molecular formula is C16H30N2S. The van der Waals surface area contributed by atoms with E-state index in [4.69, 9.17) is 0 Å². The van der Waals surface area contributed by atoms with Crippen molar-refractivity contribution in [2.45, 2.75) is 62.9 Å². The quantitative estimate of drug-likeness (QED) is 0.780. The maximum absolute atomic E-state index is 3.92. The highest BCUT2D eigenvalue weighted by Crippen LogP contribution is 2.40. The molecule has 2 saturated carbocycles. The lowest BCUT2D eigenvalue weighted by atomic mass is 9.78. The summed E-state index contributed by atoms with van der Waals surface area (Å²) in [4.78, 5) is 2.90. The first-order valence-corrected chi connectivity index (χ1v) is 9.71. The van der Waals surface area contributed by atoms with Gasteiger partial charge in [-0.05, 0) is 56.6 Å². The Bertz CT molecular complexity index is 284. The van der Waals surface area contributed by atoms with Crippen molar-refractivity contribution < 1.29 is 0 Å². The highest BCUT2D eigenvalue weighted by Gasteiger charge is 2.45. The minimum absolute atomic E-state index is 0.530. The average Bonchev–Trinajstić information content (AvgIpc) is 3.27. The van der Waals surface area contributed by atoms with Gasteiger partial charge in [0.2, 0.25) is 0 Å². The highest BCUT2D eigenvalue weighted by atomic mass is 32.2. The van der Waals surface area contributed by atoms with Crippen molar-refractivity contribution in [3.63, 3.8) is 0 Å². The Hall–Kier alpha value is 0.270. The lowest BCUT2D eigenvalue weighted by molar-refractivity contribution is 0.00658. The van der Waals surface area contributed by atoms with Crippen molar-refractivity contribution in [2.24, 2.45) is 5.92 Å². The second-order valence-corrected chi connectivity index (χ2v) is 7.89. The minimum Gasteiger partial charge on any atom is -0.311 e. The summed E-state index contributed by atoms with van der Waals surface area (Å²) >= 11 is 2.00. The number of rotatable bonds is 5. The molecule has 2 aliphatic carbocycles. The summed E-state index contributed by atoms with van der Waals surface area (Å²) < 4.78 is 0.